The van der Waals surface area contributed by atoms with E-state index >= 15 is 0 Å². The molecule has 1 N–H and O–H groups in total. The Morgan fingerprint density at radius 1 is 1.29 bits per heavy atom. The van der Waals surface area contributed by atoms with Crippen molar-refractivity contribution in [3.63, 3.8) is 0 Å². The summed E-state index contributed by atoms with van der Waals surface area (Å²) in [5.41, 5.74) is 1.13. The predicted octanol–water partition coefficient (Wildman–Crippen LogP) is 1.44. The van der Waals surface area contributed by atoms with Crippen LogP contribution in [0.3, 0.4) is 0 Å². The number of hydrogen-bond acceptors (Lipinski definition) is 3. The molecule has 0 saturated carbocycles. The fourth-order valence-corrected chi connectivity index (χ4v) is 1.47. The first-order chi connectivity index (χ1) is 6.90. The summed E-state index contributed by atoms with van der Waals surface area (Å²) in [6, 6.07) is 7.95. The second kappa shape index (κ2) is 4.13. The molecular weight excluding hydrogens is 176 g/mol. The van der Waals surface area contributed by atoms with Crippen molar-refractivity contribution in [1.82, 2.24) is 5.32 Å². The van der Waals surface area contributed by atoms with Crippen LogP contribution >= 0.6 is 0 Å². The Balaban J connectivity index is 2.19. The highest BCUT2D eigenvalue weighted by Gasteiger charge is 2.06. The topological polar surface area (TPSA) is 33.6 Å². The number of nitrogens with one attached hydrogen (secondary N) is 1. The van der Waals surface area contributed by atoms with Crippen LogP contribution < -0.4 is 10.1 Å². The minimum Gasteiger partial charge on any atom is -0.497 e. The lowest BCUT2D eigenvalue weighted by Crippen LogP contribution is -2.30. The third-order valence-electron chi connectivity index (χ3n) is 2.26. The lowest BCUT2D eigenvalue weighted by Gasteiger charge is -2.14. The summed E-state index contributed by atoms with van der Waals surface area (Å²) in [4.78, 5) is 4.42. The molecule has 3 heteroatoms. The maximum Gasteiger partial charge on any atom is 0.128 e. The standard InChI is InChI=1S/C11H14N2O/c1-14-10-5-3-9(4-6-10)11-12-7-2-8-13-11/h3-6H,2,7-8H2,1H3,(H,12,13). The smallest absolute Gasteiger partial charge is 0.128 e. The average Bonchev–Trinajstić information content (AvgIpc) is 2.30. The van der Waals surface area contributed by atoms with Crippen molar-refractivity contribution in [1.29, 1.82) is 0 Å². The van der Waals surface area contributed by atoms with Gasteiger partial charge < -0.3 is 10.1 Å². The van der Waals surface area contributed by atoms with Crippen molar-refractivity contribution in [3.05, 3.63) is 29.8 Å². The van der Waals surface area contributed by atoms with E-state index in [0.717, 1.165) is 36.7 Å². The normalized spacial score (nSPS) is 15.6. The van der Waals surface area contributed by atoms with Crippen molar-refractivity contribution in [2.75, 3.05) is 20.2 Å². The molecule has 0 amide bonds. The van der Waals surface area contributed by atoms with Crippen molar-refractivity contribution < 1.29 is 4.74 Å². The molecule has 0 aliphatic carbocycles. The lowest BCUT2D eigenvalue weighted by atomic mass is 10.2. The van der Waals surface area contributed by atoms with Crippen molar-refractivity contribution >= 4 is 5.84 Å². The van der Waals surface area contributed by atoms with Gasteiger partial charge in [0.15, 0.2) is 0 Å². The van der Waals surface area contributed by atoms with E-state index in [4.69, 9.17) is 4.74 Å². The largest absolute Gasteiger partial charge is 0.497 e. The van der Waals surface area contributed by atoms with Crippen LogP contribution in [0.4, 0.5) is 0 Å². The highest BCUT2D eigenvalue weighted by atomic mass is 16.5. The van der Waals surface area contributed by atoms with E-state index in [2.05, 4.69) is 10.3 Å². The third kappa shape index (κ3) is 1.87. The van der Waals surface area contributed by atoms with Crippen molar-refractivity contribution in [2.45, 2.75) is 6.42 Å². The first-order valence-electron chi connectivity index (χ1n) is 4.83. The minimum atomic E-state index is 0.880. The number of ether oxygens (including phenoxy) is 1. The van der Waals surface area contributed by atoms with E-state index in [-0.39, 0.29) is 0 Å². The molecule has 0 bridgehead atoms. The summed E-state index contributed by atoms with van der Waals surface area (Å²) in [5.74, 6) is 1.88. The molecule has 2 rings (SSSR count). The molecule has 0 radical (unpaired) electrons. The van der Waals surface area contributed by atoms with Crippen LogP contribution in [-0.2, 0) is 0 Å². The van der Waals surface area contributed by atoms with E-state index < -0.39 is 0 Å². The number of benzene rings is 1. The molecule has 1 aromatic rings. The van der Waals surface area contributed by atoms with Gasteiger partial charge in [-0.15, -0.1) is 0 Å². The van der Waals surface area contributed by atoms with Crippen molar-refractivity contribution in [2.24, 2.45) is 4.99 Å². The molecular formula is C11H14N2O. The summed E-state index contributed by atoms with van der Waals surface area (Å²) in [7, 11) is 1.67. The lowest BCUT2D eigenvalue weighted by molar-refractivity contribution is 0.415. The molecule has 74 valence electrons. The van der Waals surface area contributed by atoms with Gasteiger partial charge in [0, 0.05) is 18.7 Å². The van der Waals surface area contributed by atoms with Gasteiger partial charge in [-0.25, -0.2) is 0 Å². The molecule has 1 aliphatic heterocycles. The third-order valence-corrected chi connectivity index (χ3v) is 2.26. The summed E-state index contributed by atoms with van der Waals surface area (Å²) < 4.78 is 5.10. The molecule has 3 nitrogen and oxygen atoms in total. The quantitative estimate of drug-likeness (QED) is 0.765. The highest BCUT2D eigenvalue weighted by molar-refractivity contribution is 5.99. The number of amidine groups is 1. The van der Waals surface area contributed by atoms with E-state index in [1.165, 1.54) is 0 Å². The zero-order valence-electron chi connectivity index (χ0n) is 8.29. The van der Waals surface area contributed by atoms with Gasteiger partial charge in [0.05, 0.1) is 7.11 Å². The molecule has 0 saturated heterocycles. The van der Waals surface area contributed by atoms with Crippen LogP contribution in [0.1, 0.15) is 12.0 Å². The second-order valence-electron chi connectivity index (χ2n) is 3.24. The van der Waals surface area contributed by atoms with Crippen molar-refractivity contribution in [3.8, 4) is 5.75 Å². The molecule has 1 aliphatic rings. The minimum absolute atomic E-state index is 0.880. The summed E-state index contributed by atoms with van der Waals surface area (Å²) in [5, 5.41) is 3.28. The van der Waals surface area contributed by atoms with Crippen LogP contribution in [-0.4, -0.2) is 26.0 Å². The summed E-state index contributed by atoms with van der Waals surface area (Å²) in [6.07, 6.45) is 1.12. The fraction of sp³-hybridized carbons (Fsp3) is 0.364. The maximum absolute atomic E-state index is 5.10. The van der Waals surface area contributed by atoms with E-state index in [1.54, 1.807) is 7.11 Å². The Kier molecular flexibility index (Phi) is 2.68. The Morgan fingerprint density at radius 3 is 2.64 bits per heavy atom. The molecule has 0 unspecified atom stereocenters. The van der Waals surface area contributed by atoms with Crippen LogP contribution in [0.15, 0.2) is 29.3 Å². The summed E-state index contributed by atoms with van der Waals surface area (Å²) >= 11 is 0. The van der Waals surface area contributed by atoms with E-state index in [0.29, 0.717) is 0 Å². The average molecular weight is 190 g/mol. The van der Waals surface area contributed by atoms with Crippen LogP contribution in [0.2, 0.25) is 0 Å². The van der Waals surface area contributed by atoms with Crippen LogP contribution in [0, 0.1) is 0 Å². The highest BCUT2D eigenvalue weighted by Crippen LogP contribution is 2.12. The van der Waals surface area contributed by atoms with Gasteiger partial charge in [-0.2, -0.15) is 0 Å². The number of aliphatic imine (C=N–C) groups is 1. The van der Waals surface area contributed by atoms with E-state index in [9.17, 15) is 0 Å². The Labute approximate surface area is 83.8 Å². The molecule has 14 heavy (non-hydrogen) atoms. The van der Waals surface area contributed by atoms with Gasteiger partial charge in [-0.1, -0.05) is 0 Å². The fourth-order valence-electron chi connectivity index (χ4n) is 1.47. The van der Waals surface area contributed by atoms with Gasteiger partial charge in [-0.05, 0) is 30.7 Å². The number of methoxy groups -OCH3 is 1. The van der Waals surface area contributed by atoms with Crippen LogP contribution in [0.25, 0.3) is 0 Å². The number of rotatable bonds is 2. The van der Waals surface area contributed by atoms with Gasteiger partial charge in [0.1, 0.15) is 11.6 Å². The monoisotopic (exact) mass is 190 g/mol. The predicted molar refractivity (Wildman–Crippen MR) is 57.0 cm³/mol. The molecule has 0 fully saturated rings. The molecule has 0 aromatic heterocycles. The Hall–Kier alpha value is -1.51. The first-order valence-corrected chi connectivity index (χ1v) is 4.83. The van der Waals surface area contributed by atoms with Gasteiger partial charge in [0.25, 0.3) is 0 Å². The first kappa shape index (κ1) is 9.06. The maximum atomic E-state index is 5.10. The van der Waals surface area contributed by atoms with Gasteiger partial charge >= 0.3 is 0 Å². The van der Waals surface area contributed by atoms with Crippen LogP contribution in [0.5, 0.6) is 5.75 Å². The molecule has 0 atom stereocenters. The Bertz CT molecular complexity index is 330. The zero-order valence-corrected chi connectivity index (χ0v) is 8.29. The molecule has 0 spiro atoms. The zero-order chi connectivity index (χ0) is 9.80. The molecule has 1 heterocycles. The second-order valence-corrected chi connectivity index (χ2v) is 3.24. The summed E-state index contributed by atoms with van der Waals surface area (Å²) in [6.45, 7) is 1.94. The van der Waals surface area contributed by atoms with Gasteiger partial charge in [0.2, 0.25) is 0 Å². The Morgan fingerprint density at radius 2 is 2.07 bits per heavy atom. The number of hydrogen-bond donors (Lipinski definition) is 1. The van der Waals surface area contributed by atoms with Gasteiger partial charge in [-0.3, -0.25) is 4.99 Å². The SMILES string of the molecule is COc1ccc(C2=NCCCN2)cc1. The molecule has 1 aromatic carbocycles. The number of nitrogens with zero attached hydrogens (tertiary/aromatic N) is 1. The van der Waals surface area contributed by atoms with E-state index in [1.807, 2.05) is 24.3 Å².